The third-order valence-electron chi connectivity index (χ3n) is 4.10. The molecule has 1 N–H and O–H groups in total. The molecule has 21 heavy (non-hydrogen) atoms. The molecule has 0 radical (unpaired) electrons. The minimum atomic E-state index is 0.329. The van der Waals surface area contributed by atoms with Gasteiger partial charge in [-0.05, 0) is 67.6 Å². The van der Waals surface area contributed by atoms with E-state index in [2.05, 4.69) is 57.3 Å². The summed E-state index contributed by atoms with van der Waals surface area (Å²) in [5.74, 6) is 0.907. The second-order valence-corrected chi connectivity index (χ2v) is 5.75. The first-order valence-corrected chi connectivity index (χ1v) is 7.45. The first kappa shape index (κ1) is 15.6. The van der Waals surface area contributed by atoms with Crippen LogP contribution in [0.1, 0.15) is 40.8 Å². The summed E-state index contributed by atoms with van der Waals surface area (Å²) in [4.78, 5) is 0. The first-order valence-electron chi connectivity index (χ1n) is 7.45. The van der Waals surface area contributed by atoms with Crippen molar-refractivity contribution in [3.63, 3.8) is 0 Å². The Balaban J connectivity index is 2.07. The van der Waals surface area contributed by atoms with Crippen molar-refractivity contribution in [2.75, 3.05) is 7.11 Å². The standard InChI is InChI=1S/C19H25NO/c1-13-9-15(3)19(10-14(13)2)16(4)20-12-17-7-6-8-18(11-17)21-5/h6-11,16,20H,12H2,1-5H3. The maximum Gasteiger partial charge on any atom is 0.119 e. The molecule has 2 aromatic carbocycles. The molecule has 0 aliphatic heterocycles. The lowest BCUT2D eigenvalue weighted by molar-refractivity contribution is 0.414. The smallest absolute Gasteiger partial charge is 0.119 e. The van der Waals surface area contributed by atoms with Gasteiger partial charge in [0.1, 0.15) is 5.75 Å². The Morgan fingerprint density at radius 3 is 2.43 bits per heavy atom. The highest BCUT2D eigenvalue weighted by atomic mass is 16.5. The van der Waals surface area contributed by atoms with Gasteiger partial charge in [0.25, 0.3) is 0 Å². The van der Waals surface area contributed by atoms with Crippen molar-refractivity contribution in [2.45, 2.75) is 40.3 Å². The largest absolute Gasteiger partial charge is 0.497 e. The average Bonchev–Trinajstić information content (AvgIpc) is 2.48. The fourth-order valence-corrected chi connectivity index (χ4v) is 2.61. The Labute approximate surface area is 128 Å². The van der Waals surface area contributed by atoms with E-state index in [1.807, 2.05) is 12.1 Å². The number of ether oxygens (including phenoxy) is 1. The molecule has 0 bridgehead atoms. The molecule has 0 saturated carbocycles. The lowest BCUT2D eigenvalue weighted by Crippen LogP contribution is -2.19. The summed E-state index contributed by atoms with van der Waals surface area (Å²) in [6.45, 7) is 9.58. The molecule has 0 amide bonds. The molecule has 0 aliphatic carbocycles. The van der Waals surface area contributed by atoms with E-state index in [1.54, 1.807) is 7.11 Å². The molecule has 2 heteroatoms. The Kier molecular flexibility index (Phi) is 5.03. The quantitative estimate of drug-likeness (QED) is 0.874. The van der Waals surface area contributed by atoms with Crippen LogP contribution in [0.5, 0.6) is 5.75 Å². The molecular weight excluding hydrogens is 258 g/mol. The Morgan fingerprint density at radius 1 is 1.00 bits per heavy atom. The zero-order valence-corrected chi connectivity index (χ0v) is 13.7. The molecule has 0 aliphatic rings. The van der Waals surface area contributed by atoms with E-state index < -0.39 is 0 Å². The second kappa shape index (κ2) is 6.77. The normalized spacial score (nSPS) is 12.2. The molecule has 0 spiro atoms. The number of hydrogen-bond acceptors (Lipinski definition) is 2. The number of methoxy groups -OCH3 is 1. The average molecular weight is 283 g/mol. The zero-order valence-electron chi connectivity index (χ0n) is 13.7. The number of hydrogen-bond donors (Lipinski definition) is 1. The van der Waals surface area contributed by atoms with Crippen LogP contribution in [0.15, 0.2) is 36.4 Å². The lowest BCUT2D eigenvalue weighted by Gasteiger charge is -2.18. The Hall–Kier alpha value is -1.80. The number of rotatable bonds is 5. The molecule has 1 atom stereocenters. The highest BCUT2D eigenvalue weighted by molar-refractivity contribution is 5.38. The second-order valence-electron chi connectivity index (χ2n) is 5.75. The molecule has 112 valence electrons. The molecule has 0 saturated heterocycles. The number of benzene rings is 2. The molecule has 2 rings (SSSR count). The molecule has 1 unspecified atom stereocenters. The van der Waals surface area contributed by atoms with Gasteiger partial charge < -0.3 is 10.1 Å². The van der Waals surface area contributed by atoms with Crippen LogP contribution >= 0.6 is 0 Å². The highest BCUT2D eigenvalue weighted by Gasteiger charge is 2.09. The summed E-state index contributed by atoms with van der Waals surface area (Å²) in [7, 11) is 1.70. The van der Waals surface area contributed by atoms with Gasteiger partial charge in [-0.15, -0.1) is 0 Å². The van der Waals surface area contributed by atoms with Crippen LogP contribution in [0.4, 0.5) is 0 Å². The predicted molar refractivity (Wildman–Crippen MR) is 88.9 cm³/mol. The van der Waals surface area contributed by atoms with Crippen molar-refractivity contribution in [1.82, 2.24) is 5.32 Å². The van der Waals surface area contributed by atoms with Crippen LogP contribution in [-0.2, 0) is 6.54 Å². The van der Waals surface area contributed by atoms with Gasteiger partial charge in [-0.1, -0.05) is 24.3 Å². The molecule has 2 nitrogen and oxygen atoms in total. The van der Waals surface area contributed by atoms with E-state index in [9.17, 15) is 0 Å². The predicted octanol–water partition coefficient (Wildman–Crippen LogP) is 4.47. The van der Waals surface area contributed by atoms with E-state index in [0.717, 1.165) is 12.3 Å². The lowest BCUT2D eigenvalue weighted by atomic mass is 9.96. The summed E-state index contributed by atoms with van der Waals surface area (Å²) >= 11 is 0. The van der Waals surface area contributed by atoms with Gasteiger partial charge >= 0.3 is 0 Å². The SMILES string of the molecule is COc1cccc(CNC(C)c2cc(C)c(C)cc2C)c1. The minimum absolute atomic E-state index is 0.329. The van der Waals surface area contributed by atoms with Gasteiger partial charge in [0, 0.05) is 12.6 Å². The molecule has 2 aromatic rings. The van der Waals surface area contributed by atoms with Crippen LogP contribution in [0, 0.1) is 20.8 Å². The molecule has 0 fully saturated rings. The van der Waals surface area contributed by atoms with Crippen molar-refractivity contribution in [1.29, 1.82) is 0 Å². The van der Waals surface area contributed by atoms with Crippen molar-refractivity contribution in [3.05, 3.63) is 64.2 Å². The topological polar surface area (TPSA) is 21.3 Å². The summed E-state index contributed by atoms with van der Waals surface area (Å²) in [5.41, 5.74) is 6.68. The third kappa shape index (κ3) is 3.85. The van der Waals surface area contributed by atoms with Crippen LogP contribution in [-0.4, -0.2) is 7.11 Å². The summed E-state index contributed by atoms with van der Waals surface area (Å²) in [6, 6.07) is 13.1. The van der Waals surface area contributed by atoms with Crippen molar-refractivity contribution in [3.8, 4) is 5.75 Å². The van der Waals surface area contributed by atoms with E-state index >= 15 is 0 Å². The molecule has 0 heterocycles. The van der Waals surface area contributed by atoms with E-state index in [-0.39, 0.29) is 0 Å². The van der Waals surface area contributed by atoms with Gasteiger partial charge in [0.2, 0.25) is 0 Å². The third-order valence-corrected chi connectivity index (χ3v) is 4.10. The fourth-order valence-electron chi connectivity index (χ4n) is 2.61. The van der Waals surface area contributed by atoms with Gasteiger partial charge in [-0.25, -0.2) is 0 Å². The molecular formula is C19H25NO. The van der Waals surface area contributed by atoms with Crippen molar-refractivity contribution >= 4 is 0 Å². The minimum Gasteiger partial charge on any atom is -0.497 e. The van der Waals surface area contributed by atoms with Crippen LogP contribution in [0.25, 0.3) is 0 Å². The monoisotopic (exact) mass is 283 g/mol. The summed E-state index contributed by atoms with van der Waals surface area (Å²) in [6.07, 6.45) is 0. The van der Waals surface area contributed by atoms with E-state index in [0.29, 0.717) is 6.04 Å². The van der Waals surface area contributed by atoms with Gasteiger partial charge in [-0.2, -0.15) is 0 Å². The van der Waals surface area contributed by atoms with Crippen molar-refractivity contribution < 1.29 is 4.74 Å². The summed E-state index contributed by atoms with van der Waals surface area (Å²) < 4.78 is 5.27. The van der Waals surface area contributed by atoms with E-state index in [4.69, 9.17) is 4.74 Å². The first-order chi connectivity index (χ1) is 10.0. The fraction of sp³-hybridized carbons (Fsp3) is 0.368. The number of aryl methyl sites for hydroxylation is 3. The zero-order chi connectivity index (χ0) is 15.4. The van der Waals surface area contributed by atoms with Gasteiger partial charge in [0.05, 0.1) is 7.11 Å². The van der Waals surface area contributed by atoms with Crippen LogP contribution < -0.4 is 10.1 Å². The molecule has 0 aromatic heterocycles. The van der Waals surface area contributed by atoms with Crippen molar-refractivity contribution in [2.24, 2.45) is 0 Å². The van der Waals surface area contributed by atoms with Crippen LogP contribution in [0.3, 0.4) is 0 Å². The van der Waals surface area contributed by atoms with Gasteiger partial charge in [-0.3, -0.25) is 0 Å². The van der Waals surface area contributed by atoms with Crippen LogP contribution in [0.2, 0.25) is 0 Å². The Morgan fingerprint density at radius 2 is 1.71 bits per heavy atom. The summed E-state index contributed by atoms with van der Waals surface area (Å²) in [5, 5.41) is 3.60. The maximum absolute atomic E-state index is 5.27. The Bertz CT molecular complexity index is 619. The maximum atomic E-state index is 5.27. The highest BCUT2D eigenvalue weighted by Crippen LogP contribution is 2.22. The number of nitrogens with one attached hydrogen (secondary N) is 1. The van der Waals surface area contributed by atoms with E-state index in [1.165, 1.54) is 27.8 Å². The van der Waals surface area contributed by atoms with Gasteiger partial charge in [0.15, 0.2) is 0 Å².